The third-order valence-electron chi connectivity index (χ3n) is 2.54. The molecule has 2 rings (SSSR count). The number of benzene rings is 2. The van der Waals surface area contributed by atoms with Crippen molar-refractivity contribution in [3.8, 4) is 0 Å². The molecule has 0 aliphatic rings. The Morgan fingerprint density at radius 2 is 1.19 bits per heavy atom. The summed E-state index contributed by atoms with van der Waals surface area (Å²) in [4.78, 5) is 0. The van der Waals surface area contributed by atoms with Crippen LogP contribution in [0.5, 0.6) is 0 Å². The zero-order valence-electron chi connectivity index (χ0n) is 8.91. The van der Waals surface area contributed by atoms with Crippen LogP contribution in [-0.2, 0) is 4.57 Å². The molecule has 2 aromatic rings. The van der Waals surface area contributed by atoms with Gasteiger partial charge in [-0.1, -0.05) is 67.2 Å². The monoisotopic (exact) mass is 228 g/mol. The van der Waals surface area contributed by atoms with Crippen LogP contribution in [0.2, 0.25) is 0 Å². The zero-order valence-corrected chi connectivity index (χ0v) is 9.81. The second-order valence-corrected chi connectivity index (χ2v) is 6.23. The molecule has 0 radical (unpaired) electrons. The van der Waals surface area contributed by atoms with Crippen LogP contribution in [-0.4, -0.2) is 0 Å². The van der Waals surface area contributed by atoms with Gasteiger partial charge >= 0.3 is 0 Å². The molecule has 0 unspecified atom stereocenters. The topological polar surface area (TPSA) is 17.1 Å². The first kappa shape index (κ1) is 10.9. The van der Waals surface area contributed by atoms with Crippen LogP contribution in [0.3, 0.4) is 0 Å². The van der Waals surface area contributed by atoms with Crippen molar-refractivity contribution in [3.05, 3.63) is 73.1 Å². The summed E-state index contributed by atoms with van der Waals surface area (Å²) in [7, 11) is -2.64. The third-order valence-corrected chi connectivity index (χ3v) is 5.18. The lowest BCUT2D eigenvalue weighted by Gasteiger charge is -2.14. The molecule has 0 aromatic heterocycles. The Balaban J connectivity index is 2.58. The summed E-state index contributed by atoms with van der Waals surface area (Å²) in [5.41, 5.74) is 0. The van der Waals surface area contributed by atoms with E-state index in [-0.39, 0.29) is 0 Å². The van der Waals surface area contributed by atoms with Crippen molar-refractivity contribution < 1.29 is 4.57 Å². The predicted molar refractivity (Wildman–Crippen MR) is 70.0 cm³/mol. The highest BCUT2D eigenvalue weighted by molar-refractivity contribution is 7.81. The van der Waals surface area contributed by atoms with Crippen LogP contribution in [0.4, 0.5) is 0 Å². The molecule has 0 fully saturated rings. The Hall–Kier alpha value is -1.59. The van der Waals surface area contributed by atoms with Gasteiger partial charge in [0.1, 0.15) is 0 Å². The lowest BCUT2D eigenvalue weighted by atomic mass is 10.4. The minimum Gasteiger partial charge on any atom is -0.309 e. The smallest absolute Gasteiger partial charge is 0.163 e. The van der Waals surface area contributed by atoms with Gasteiger partial charge < -0.3 is 4.57 Å². The van der Waals surface area contributed by atoms with Crippen LogP contribution in [0.25, 0.3) is 0 Å². The summed E-state index contributed by atoms with van der Waals surface area (Å²) in [6.07, 6.45) is 0. The molecule has 80 valence electrons. The average molecular weight is 228 g/mol. The molecule has 2 aromatic carbocycles. The SMILES string of the molecule is C=CP(=O)(c1ccccc1)c1ccccc1. The normalized spacial score (nSPS) is 11.0. The van der Waals surface area contributed by atoms with Crippen molar-refractivity contribution in [2.75, 3.05) is 0 Å². The van der Waals surface area contributed by atoms with Gasteiger partial charge in [-0.3, -0.25) is 0 Å². The van der Waals surface area contributed by atoms with Gasteiger partial charge in [0.05, 0.1) is 0 Å². The van der Waals surface area contributed by atoms with E-state index in [1.165, 1.54) is 0 Å². The van der Waals surface area contributed by atoms with E-state index in [1.54, 1.807) is 5.82 Å². The summed E-state index contributed by atoms with van der Waals surface area (Å²) in [6.45, 7) is 3.72. The van der Waals surface area contributed by atoms with Crippen LogP contribution < -0.4 is 10.6 Å². The van der Waals surface area contributed by atoms with E-state index < -0.39 is 7.14 Å². The Morgan fingerprint density at radius 3 is 1.50 bits per heavy atom. The second-order valence-electron chi connectivity index (χ2n) is 3.51. The second kappa shape index (κ2) is 4.51. The Labute approximate surface area is 95.8 Å². The number of rotatable bonds is 3. The van der Waals surface area contributed by atoms with Crippen molar-refractivity contribution in [3.63, 3.8) is 0 Å². The Kier molecular flexibility index (Phi) is 3.07. The molecule has 0 aliphatic carbocycles. The maximum Gasteiger partial charge on any atom is 0.163 e. The fraction of sp³-hybridized carbons (Fsp3) is 0. The summed E-state index contributed by atoms with van der Waals surface area (Å²) >= 11 is 0. The highest BCUT2D eigenvalue weighted by atomic mass is 31.2. The lowest BCUT2D eigenvalue weighted by Crippen LogP contribution is -2.13. The van der Waals surface area contributed by atoms with Crippen molar-refractivity contribution in [2.24, 2.45) is 0 Å². The van der Waals surface area contributed by atoms with E-state index in [2.05, 4.69) is 6.58 Å². The molecule has 16 heavy (non-hydrogen) atoms. The average Bonchev–Trinajstić information content (AvgIpc) is 2.40. The quantitative estimate of drug-likeness (QED) is 0.737. The predicted octanol–water partition coefficient (Wildman–Crippen LogP) is 3.14. The summed E-state index contributed by atoms with van der Waals surface area (Å²) in [6, 6.07) is 19.0. The first-order valence-electron chi connectivity index (χ1n) is 5.12. The molecule has 0 spiro atoms. The molecule has 0 aliphatic heterocycles. The highest BCUT2D eigenvalue weighted by Gasteiger charge is 2.22. The van der Waals surface area contributed by atoms with Gasteiger partial charge in [0.15, 0.2) is 7.14 Å². The van der Waals surface area contributed by atoms with Crippen molar-refractivity contribution in [2.45, 2.75) is 0 Å². The van der Waals surface area contributed by atoms with Gasteiger partial charge in [0, 0.05) is 10.6 Å². The van der Waals surface area contributed by atoms with E-state index in [4.69, 9.17) is 0 Å². The summed E-state index contributed by atoms with van der Waals surface area (Å²) in [5.74, 6) is 1.57. The minimum absolute atomic E-state index is 0.830. The van der Waals surface area contributed by atoms with Gasteiger partial charge in [-0.25, -0.2) is 0 Å². The molecule has 0 bridgehead atoms. The molecule has 0 saturated heterocycles. The fourth-order valence-corrected chi connectivity index (χ4v) is 3.61. The van der Waals surface area contributed by atoms with Gasteiger partial charge in [-0.2, -0.15) is 0 Å². The van der Waals surface area contributed by atoms with E-state index in [1.807, 2.05) is 60.7 Å². The van der Waals surface area contributed by atoms with Gasteiger partial charge in [0.2, 0.25) is 0 Å². The highest BCUT2D eigenvalue weighted by Crippen LogP contribution is 2.43. The maximum atomic E-state index is 12.9. The molecule has 0 heterocycles. The van der Waals surface area contributed by atoms with Gasteiger partial charge in [-0.15, -0.1) is 0 Å². The van der Waals surface area contributed by atoms with E-state index in [9.17, 15) is 4.57 Å². The summed E-state index contributed by atoms with van der Waals surface area (Å²) in [5, 5.41) is 1.66. The van der Waals surface area contributed by atoms with Crippen molar-refractivity contribution >= 4 is 17.8 Å². The number of hydrogen-bond acceptors (Lipinski definition) is 1. The largest absolute Gasteiger partial charge is 0.309 e. The third kappa shape index (κ3) is 1.87. The first-order valence-corrected chi connectivity index (χ1v) is 6.89. The fourth-order valence-electron chi connectivity index (χ4n) is 1.66. The molecule has 0 atom stereocenters. The van der Waals surface area contributed by atoms with Crippen LogP contribution in [0.15, 0.2) is 73.1 Å². The molecular formula is C14H13OP. The van der Waals surface area contributed by atoms with Crippen molar-refractivity contribution in [1.29, 1.82) is 0 Å². The molecule has 0 saturated carbocycles. The van der Waals surface area contributed by atoms with Crippen LogP contribution in [0, 0.1) is 0 Å². The molecule has 1 nitrogen and oxygen atoms in total. The molecule has 0 N–H and O–H groups in total. The van der Waals surface area contributed by atoms with E-state index >= 15 is 0 Å². The summed E-state index contributed by atoms with van der Waals surface area (Å²) < 4.78 is 12.9. The van der Waals surface area contributed by atoms with E-state index in [0.717, 1.165) is 10.6 Å². The minimum atomic E-state index is -2.64. The Morgan fingerprint density at radius 1 is 0.812 bits per heavy atom. The first-order chi connectivity index (χ1) is 7.77. The van der Waals surface area contributed by atoms with Gasteiger partial charge in [-0.05, 0) is 5.82 Å². The van der Waals surface area contributed by atoms with Crippen molar-refractivity contribution in [1.82, 2.24) is 0 Å². The lowest BCUT2D eigenvalue weighted by molar-refractivity contribution is 0.592. The van der Waals surface area contributed by atoms with Crippen LogP contribution >= 0.6 is 7.14 Å². The Bertz CT molecular complexity index is 473. The van der Waals surface area contributed by atoms with Gasteiger partial charge in [0.25, 0.3) is 0 Å². The molecular weight excluding hydrogens is 215 g/mol. The molecule has 2 heteroatoms. The van der Waals surface area contributed by atoms with E-state index in [0.29, 0.717) is 0 Å². The zero-order chi connectivity index (χ0) is 11.4. The number of hydrogen-bond donors (Lipinski definition) is 0. The standard InChI is InChI=1S/C14H13OP/c1-2-16(15,13-9-5-3-6-10-13)14-11-7-4-8-12-14/h2-12H,1H2. The molecule has 0 amide bonds. The van der Waals surface area contributed by atoms with Crippen LogP contribution in [0.1, 0.15) is 0 Å². The maximum absolute atomic E-state index is 12.9.